The number of hydrogen-bond donors (Lipinski definition) is 0. The van der Waals surface area contributed by atoms with Crippen molar-refractivity contribution in [3.63, 3.8) is 0 Å². The highest BCUT2D eigenvalue weighted by molar-refractivity contribution is 5.97. The molecule has 0 heterocycles. The summed E-state index contributed by atoms with van der Waals surface area (Å²) in [6, 6.07) is 115. The lowest BCUT2D eigenvalue weighted by atomic mass is 9.67. The molecule has 2 aliphatic rings. The topological polar surface area (TPSA) is 3.24 Å². The highest BCUT2D eigenvalue weighted by Crippen LogP contribution is 2.60. The van der Waals surface area contributed by atoms with Gasteiger partial charge in [-0.25, -0.2) is 0 Å². The third kappa shape index (κ3) is 7.00. The maximum absolute atomic E-state index is 2.48. The average molecular weight is 954 g/mol. The lowest BCUT2D eigenvalue weighted by Gasteiger charge is -2.35. The van der Waals surface area contributed by atoms with Crippen LogP contribution in [0.2, 0.25) is 0 Å². The smallest absolute Gasteiger partial charge is 0.0714 e. The van der Waals surface area contributed by atoms with Gasteiger partial charge in [-0.3, -0.25) is 0 Å². The second kappa shape index (κ2) is 18.2. The van der Waals surface area contributed by atoms with Gasteiger partial charge in [-0.1, -0.05) is 267 Å². The first kappa shape index (κ1) is 44.2. The van der Waals surface area contributed by atoms with Crippen LogP contribution in [0.3, 0.4) is 0 Å². The third-order valence-corrected chi connectivity index (χ3v) is 16.0. The zero-order valence-electron chi connectivity index (χ0n) is 41.4. The minimum atomic E-state index is -0.556. The number of rotatable bonds is 10. The molecule has 0 aliphatic heterocycles. The molecule has 1 nitrogen and oxygen atoms in total. The number of fused-ring (bicyclic) bond motifs is 6. The second-order valence-electron chi connectivity index (χ2n) is 19.9. The Morgan fingerprint density at radius 1 is 0.200 bits per heavy atom. The molecule has 0 spiro atoms. The zero-order chi connectivity index (χ0) is 49.8. The Hall–Kier alpha value is -9.56. The average Bonchev–Trinajstić information content (AvgIpc) is 4.10. The van der Waals surface area contributed by atoms with Crippen molar-refractivity contribution in [1.82, 2.24) is 0 Å². The molecule has 0 atom stereocenters. The molecule has 0 bridgehead atoms. The molecular weight excluding hydrogens is 903 g/mol. The predicted octanol–water partition coefficient (Wildman–Crippen LogP) is 18.9. The number of hydrogen-bond acceptors (Lipinski definition) is 1. The van der Waals surface area contributed by atoms with E-state index >= 15 is 0 Å². The summed E-state index contributed by atoms with van der Waals surface area (Å²) in [4.78, 5) is 2.48. The largest absolute Gasteiger partial charge is 0.310 e. The van der Waals surface area contributed by atoms with E-state index in [1.54, 1.807) is 0 Å². The van der Waals surface area contributed by atoms with E-state index in [4.69, 9.17) is 0 Å². The Morgan fingerprint density at radius 3 is 1.11 bits per heavy atom. The van der Waals surface area contributed by atoms with E-state index in [2.05, 4.69) is 314 Å². The SMILES string of the molecule is c1ccc(-c2cc(-c3ccccc3)cc(N(c3ccc(-c4cccc5c4-c4ccccc4C5(c4ccccc4)c4ccccc4)cc3)c3ccc4c(c3)C(c3ccccc3)(c3ccccc3)c3ccccc3-4)c2)cc1. The van der Waals surface area contributed by atoms with E-state index in [0.717, 1.165) is 28.2 Å². The molecule has 0 aromatic heterocycles. The summed E-state index contributed by atoms with van der Waals surface area (Å²) < 4.78 is 0. The number of benzene rings is 12. The van der Waals surface area contributed by atoms with Gasteiger partial charge in [-0.15, -0.1) is 0 Å². The molecule has 0 saturated heterocycles. The Labute approximate surface area is 440 Å². The van der Waals surface area contributed by atoms with E-state index in [1.165, 1.54) is 89.0 Å². The van der Waals surface area contributed by atoms with Crippen LogP contribution in [0.5, 0.6) is 0 Å². The van der Waals surface area contributed by atoms with Crippen molar-refractivity contribution in [3.8, 4) is 55.6 Å². The molecule has 352 valence electrons. The van der Waals surface area contributed by atoms with Gasteiger partial charge >= 0.3 is 0 Å². The van der Waals surface area contributed by atoms with Gasteiger partial charge in [0.05, 0.1) is 10.8 Å². The minimum Gasteiger partial charge on any atom is -0.310 e. The van der Waals surface area contributed by atoms with E-state index < -0.39 is 10.8 Å². The summed E-state index contributed by atoms with van der Waals surface area (Å²) in [5.41, 5.74) is 24.5. The number of nitrogens with zero attached hydrogens (tertiary/aromatic N) is 1. The first-order valence-electron chi connectivity index (χ1n) is 26.1. The Morgan fingerprint density at radius 2 is 0.587 bits per heavy atom. The van der Waals surface area contributed by atoms with Crippen LogP contribution in [0.4, 0.5) is 17.1 Å². The van der Waals surface area contributed by atoms with Crippen LogP contribution < -0.4 is 4.90 Å². The Kier molecular flexibility index (Phi) is 10.7. The highest BCUT2D eigenvalue weighted by atomic mass is 15.1. The molecule has 14 rings (SSSR count). The molecule has 0 amide bonds. The summed E-state index contributed by atoms with van der Waals surface area (Å²) in [6.45, 7) is 0. The molecule has 75 heavy (non-hydrogen) atoms. The summed E-state index contributed by atoms with van der Waals surface area (Å²) >= 11 is 0. The van der Waals surface area contributed by atoms with Gasteiger partial charge in [-0.05, 0) is 143 Å². The van der Waals surface area contributed by atoms with E-state index in [0.29, 0.717) is 0 Å². The predicted molar refractivity (Wildman–Crippen MR) is 312 cm³/mol. The fourth-order valence-electron chi connectivity index (χ4n) is 12.9. The molecule has 0 unspecified atom stereocenters. The number of anilines is 3. The van der Waals surface area contributed by atoms with Crippen LogP contribution in [0.1, 0.15) is 44.5 Å². The van der Waals surface area contributed by atoms with Crippen LogP contribution in [0.25, 0.3) is 55.6 Å². The van der Waals surface area contributed by atoms with Crippen LogP contribution in [-0.2, 0) is 10.8 Å². The first-order valence-corrected chi connectivity index (χ1v) is 26.1. The highest BCUT2D eigenvalue weighted by Gasteiger charge is 2.48. The van der Waals surface area contributed by atoms with Gasteiger partial charge in [0.2, 0.25) is 0 Å². The molecule has 2 aliphatic carbocycles. The standard InChI is InChI=1S/C74H51N/c1-7-24-52(25-8-1)55-48-56(53-26-9-2-10-27-53)50-63(49-55)75(62-46-47-66-65-36-19-21-39-68(65)74(71(66)51-62,59-32-15-5-16-33-59)60-34-17-6-18-35-60)61-44-42-54(43-45-61)64-38-23-41-70-72(64)67-37-20-22-40-69(67)73(70,57-28-11-3-12-29-57)58-30-13-4-14-31-58/h1-51H. The van der Waals surface area contributed by atoms with E-state index in [-0.39, 0.29) is 0 Å². The summed E-state index contributed by atoms with van der Waals surface area (Å²) in [5, 5.41) is 0. The molecule has 0 fully saturated rings. The van der Waals surface area contributed by atoms with Crippen LogP contribution in [0, 0.1) is 0 Å². The Balaban J connectivity index is 0.993. The maximum atomic E-state index is 2.48. The van der Waals surface area contributed by atoms with Crippen molar-refractivity contribution in [2.24, 2.45) is 0 Å². The Bertz CT molecular complexity index is 3880. The van der Waals surface area contributed by atoms with Gasteiger partial charge in [0.1, 0.15) is 0 Å². The normalized spacial score (nSPS) is 13.3. The second-order valence-corrected chi connectivity index (χ2v) is 19.9. The molecular formula is C74H51N. The van der Waals surface area contributed by atoms with Gasteiger partial charge < -0.3 is 4.90 Å². The van der Waals surface area contributed by atoms with Crippen molar-refractivity contribution >= 4 is 17.1 Å². The molecule has 1 heteroatoms. The van der Waals surface area contributed by atoms with Crippen molar-refractivity contribution < 1.29 is 0 Å². The fourth-order valence-corrected chi connectivity index (χ4v) is 12.9. The summed E-state index contributed by atoms with van der Waals surface area (Å²) in [5.74, 6) is 0. The van der Waals surface area contributed by atoms with Gasteiger partial charge in [0.25, 0.3) is 0 Å². The molecule has 12 aromatic carbocycles. The zero-order valence-corrected chi connectivity index (χ0v) is 41.4. The van der Waals surface area contributed by atoms with Gasteiger partial charge in [0, 0.05) is 17.1 Å². The fraction of sp³-hybridized carbons (Fsp3) is 0.0270. The van der Waals surface area contributed by atoms with Crippen molar-refractivity contribution in [2.75, 3.05) is 4.90 Å². The van der Waals surface area contributed by atoms with Crippen molar-refractivity contribution in [2.45, 2.75) is 10.8 Å². The minimum absolute atomic E-state index is 0.483. The van der Waals surface area contributed by atoms with E-state index in [1.807, 2.05) is 0 Å². The molecule has 0 radical (unpaired) electrons. The van der Waals surface area contributed by atoms with Crippen LogP contribution >= 0.6 is 0 Å². The molecule has 0 saturated carbocycles. The summed E-state index contributed by atoms with van der Waals surface area (Å²) in [7, 11) is 0. The van der Waals surface area contributed by atoms with Gasteiger partial charge in [-0.2, -0.15) is 0 Å². The quantitative estimate of drug-likeness (QED) is 0.132. The van der Waals surface area contributed by atoms with Crippen LogP contribution in [0.15, 0.2) is 309 Å². The lowest BCUT2D eigenvalue weighted by Crippen LogP contribution is -2.28. The van der Waals surface area contributed by atoms with Crippen molar-refractivity contribution in [1.29, 1.82) is 0 Å². The lowest BCUT2D eigenvalue weighted by molar-refractivity contribution is 0.768. The van der Waals surface area contributed by atoms with Crippen LogP contribution in [-0.4, -0.2) is 0 Å². The van der Waals surface area contributed by atoms with E-state index in [9.17, 15) is 0 Å². The third-order valence-electron chi connectivity index (χ3n) is 16.0. The molecule has 0 N–H and O–H groups in total. The van der Waals surface area contributed by atoms with Gasteiger partial charge in [0.15, 0.2) is 0 Å². The first-order chi connectivity index (χ1) is 37.2. The molecule has 12 aromatic rings. The summed E-state index contributed by atoms with van der Waals surface area (Å²) in [6.07, 6.45) is 0. The van der Waals surface area contributed by atoms with Crippen molar-refractivity contribution in [3.05, 3.63) is 354 Å². The monoisotopic (exact) mass is 953 g/mol. The maximum Gasteiger partial charge on any atom is 0.0714 e.